The van der Waals surface area contributed by atoms with Gasteiger partial charge in [-0.05, 0) is 24.1 Å². The van der Waals surface area contributed by atoms with E-state index in [2.05, 4.69) is 16.8 Å². The fourth-order valence-corrected chi connectivity index (χ4v) is 2.02. The largest absolute Gasteiger partial charge is 0.494 e. The lowest BCUT2D eigenvalue weighted by Gasteiger charge is -2.27. The topological polar surface area (TPSA) is 60.1 Å². The van der Waals surface area contributed by atoms with Gasteiger partial charge in [-0.3, -0.25) is 0 Å². The second-order valence-corrected chi connectivity index (χ2v) is 4.77. The zero-order valence-electron chi connectivity index (χ0n) is 12.0. The number of ether oxygens (including phenoxy) is 2. The Balaban J connectivity index is 1.91. The number of hydrogen-bond donors (Lipinski definition) is 1. The van der Waals surface area contributed by atoms with Gasteiger partial charge < -0.3 is 20.1 Å². The summed E-state index contributed by atoms with van der Waals surface area (Å²) < 4.78 is 10.9. The molecular weight excluding hydrogens is 254 g/mol. The molecule has 0 spiro atoms. The third kappa shape index (κ3) is 4.42. The summed E-state index contributed by atoms with van der Waals surface area (Å²) in [5.41, 5.74) is 7.11. The predicted octanol–water partition coefficient (Wildman–Crippen LogP) is 1.62. The van der Waals surface area contributed by atoms with Crippen LogP contribution in [0.5, 0.6) is 5.75 Å². The molecule has 0 radical (unpaired) electrons. The first-order valence-electron chi connectivity index (χ1n) is 7.14. The van der Waals surface area contributed by atoms with Crippen LogP contribution in [-0.4, -0.2) is 43.8 Å². The molecular formula is C15H23N3O2. The SMILES string of the molecule is CCCOc1cccc(CN=C(N)N2CCOCC2)c1. The van der Waals surface area contributed by atoms with Gasteiger partial charge in [0.25, 0.3) is 0 Å². The van der Waals surface area contributed by atoms with Gasteiger partial charge in [0.2, 0.25) is 0 Å². The Hall–Kier alpha value is -1.75. The first-order chi connectivity index (χ1) is 9.79. The van der Waals surface area contributed by atoms with Crippen molar-refractivity contribution in [2.24, 2.45) is 10.7 Å². The smallest absolute Gasteiger partial charge is 0.191 e. The van der Waals surface area contributed by atoms with Gasteiger partial charge in [-0.15, -0.1) is 0 Å². The van der Waals surface area contributed by atoms with Crippen LogP contribution in [0, 0.1) is 0 Å². The molecule has 0 saturated carbocycles. The van der Waals surface area contributed by atoms with Gasteiger partial charge >= 0.3 is 0 Å². The summed E-state index contributed by atoms with van der Waals surface area (Å²) in [5, 5.41) is 0. The molecule has 1 aliphatic rings. The van der Waals surface area contributed by atoms with E-state index < -0.39 is 0 Å². The molecule has 1 aromatic carbocycles. The second-order valence-electron chi connectivity index (χ2n) is 4.77. The van der Waals surface area contributed by atoms with E-state index in [1.807, 2.05) is 24.3 Å². The van der Waals surface area contributed by atoms with Crippen LogP contribution in [0.3, 0.4) is 0 Å². The van der Waals surface area contributed by atoms with Crippen LogP contribution < -0.4 is 10.5 Å². The first-order valence-corrected chi connectivity index (χ1v) is 7.14. The molecule has 0 aliphatic carbocycles. The molecule has 5 heteroatoms. The number of aliphatic imine (C=N–C) groups is 1. The Morgan fingerprint density at radius 1 is 1.40 bits per heavy atom. The van der Waals surface area contributed by atoms with Crippen molar-refractivity contribution in [3.05, 3.63) is 29.8 Å². The Morgan fingerprint density at radius 2 is 2.20 bits per heavy atom. The van der Waals surface area contributed by atoms with Crippen molar-refractivity contribution in [1.82, 2.24) is 4.90 Å². The van der Waals surface area contributed by atoms with Gasteiger partial charge in [-0.1, -0.05) is 19.1 Å². The van der Waals surface area contributed by atoms with E-state index in [1.165, 1.54) is 0 Å². The lowest BCUT2D eigenvalue weighted by molar-refractivity contribution is 0.0674. The van der Waals surface area contributed by atoms with E-state index in [0.29, 0.717) is 12.5 Å². The maximum absolute atomic E-state index is 6.00. The van der Waals surface area contributed by atoms with Crippen molar-refractivity contribution in [1.29, 1.82) is 0 Å². The molecule has 0 aromatic heterocycles. The monoisotopic (exact) mass is 277 g/mol. The highest BCUT2D eigenvalue weighted by Crippen LogP contribution is 2.14. The molecule has 0 bridgehead atoms. The highest BCUT2D eigenvalue weighted by atomic mass is 16.5. The summed E-state index contributed by atoms with van der Waals surface area (Å²) in [7, 11) is 0. The molecule has 5 nitrogen and oxygen atoms in total. The number of guanidine groups is 1. The van der Waals surface area contributed by atoms with E-state index in [4.69, 9.17) is 15.2 Å². The maximum atomic E-state index is 6.00. The minimum atomic E-state index is 0.576. The fourth-order valence-electron chi connectivity index (χ4n) is 2.02. The zero-order chi connectivity index (χ0) is 14.2. The van der Waals surface area contributed by atoms with Crippen LogP contribution in [0.15, 0.2) is 29.3 Å². The van der Waals surface area contributed by atoms with Crippen LogP contribution >= 0.6 is 0 Å². The fraction of sp³-hybridized carbons (Fsp3) is 0.533. The van der Waals surface area contributed by atoms with E-state index in [9.17, 15) is 0 Å². The van der Waals surface area contributed by atoms with Crippen LogP contribution in [0.4, 0.5) is 0 Å². The van der Waals surface area contributed by atoms with Gasteiger partial charge in [0, 0.05) is 13.1 Å². The molecule has 1 saturated heterocycles. The van der Waals surface area contributed by atoms with Crippen molar-refractivity contribution in [3.8, 4) is 5.75 Å². The second kappa shape index (κ2) is 7.75. The average molecular weight is 277 g/mol. The Bertz CT molecular complexity index is 442. The van der Waals surface area contributed by atoms with E-state index in [0.717, 1.165) is 50.6 Å². The Labute approximate surface area is 120 Å². The summed E-state index contributed by atoms with van der Waals surface area (Å²) in [6, 6.07) is 8.01. The molecule has 1 fully saturated rings. The van der Waals surface area contributed by atoms with Crippen molar-refractivity contribution >= 4 is 5.96 Å². The Morgan fingerprint density at radius 3 is 2.95 bits per heavy atom. The molecule has 2 N–H and O–H groups in total. The number of benzene rings is 1. The molecule has 0 amide bonds. The summed E-state index contributed by atoms with van der Waals surface area (Å²) in [6.07, 6.45) is 1.01. The number of morpholine rings is 1. The van der Waals surface area contributed by atoms with Gasteiger partial charge in [0.05, 0.1) is 26.4 Å². The highest BCUT2D eigenvalue weighted by Gasteiger charge is 2.11. The zero-order valence-corrected chi connectivity index (χ0v) is 12.0. The lowest BCUT2D eigenvalue weighted by Crippen LogP contribution is -2.44. The van der Waals surface area contributed by atoms with Gasteiger partial charge in [-0.2, -0.15) is 0 Å². The maximum Gasteiger partial charge on any atom is 0.191 e. The summed E-state index contributed by atoms with van der Waals surface area (Å²) in [4.78, 5) is 6.51. The normalized spacial score (nSPS) is 16.2. The van der Waals surface area contributed by atoms with Crippen molar-refractivity contribution in [3.63, 3.8) is 0 Å². The lowest BCUT2D eigenvalue weighted by atomic mass is 10.2. The number of nitrogens with two attached hydrogens (primary N) is 1. The molecule has 20 heavy (non-hydrogen) atoms. The minimum absolute atomic E-state index is 0.576. The average Bonchev–Trinajstić information content (AvgIpc) is 2.52. The molecule has 0 atom stereocenters. The minimum Gasteiger partial charge on any atom is -0.494 e. The van der Waals surface area contributed by atoms with Gasteiger partial charge in [0.15, 0.2) is 5.96 Å². The van der Waals surface area contributed by atoms with E-state index in [1.54, 1.807) is 0 Å². The van der Waals surface area contributed by atoms with Crippen LogP contribution in [0.2, 0.25) is 0 Å². The summed E-state index contributed by atoms with van der Waals surface area (Å²) >= 11 is 0. The quantitative estimate of drug-likeness (QED) is 0.656. The molecule has 110 valence electrons. The summed E-state index contributed by atoms with van der Waals surface area (Å²) in [6.45, 7) is 6.48. The van der Waals surface area contributed by atoms with Crippen LogP contribution in [-0.2, 0) is 11.3 Å². The number of nitrogens with zero attached hydrogens (tertiary/aromatic N) is 2. The van der Waals surface area contributed by atoms with Crippen molar-refractivity contribution in [2.45, 2.75) is 19.9 Å². The van der Waals surface area contributed by atoms with Crippen LogP contribution in [0.25, 0.3) is 0 Å². The molecule has 1 heterocycles. The predicted molar refractivity (Wildman–Crippen MR) is 79.9 cm³/mol. The standard InChI is InChI=1S/C15H23N3O2/c1-2-8-20-14-5-3-4-13(11-14)12-17-15(16)18-6-9-19-10-7-18/h3-5,11H,2,6-10,12H2,1H3,(H2,16,17). The highest BCUT2D eigenvalue weighted by molar-refractivity contribution is 5.78. The van der Waals surface area contributed by atoms with Crippen molar-refractivity contribution < 1.29 is 9.47 Å². The third-order valence-electron chi connectivity index (χ3n) is 3.13. The summed E-state index contributed by atoms with van der Waals surface area (Å²) in [5.74, 6) is 1.48. The molecule has 2 rings (SSSR count). The number of hydrogen-bond acceptors (Lipinski definition) is 3. The van der Waals surface area contributed by atoms with Crippen LogP contribution in [0.1, 0.15) is 18.9 Å². The first kappa shape index (κ1) is 14.7. The molecule has 1 aliphatic heterocycles. The molecule has 1 aromatic rings. The van der Waals surface area contributed by atoms with E-state index >= 15 is 0 Å². The van der Waals surface area contributed by atoms with Crippen molar-refractivity contribution in [2.75, 3.05) is 32.9 Å². The third-order valence-corrected chi connectivity index (χ3v) is 3.13. The van der Waals surface area contributed by atoms with E-state index in [-0.39, 0.29) is 0 Å². The number of rotatable bonds is 5. The van der Waals surface area contributed by atoms with Gasteiger partial charge in [-0.25, -0.2) is 4.99 Å². The Kier molecular flexibility index (Phi) is 5.68. The molecule has 0 unspecified atom stereocenters. The van der Waals surface area contributed by atoms with Gasteiger partial charge in [0.1, 0.15) is 5.75 Å².